The number of carbonyl (C=O) groups excluding carboxylic acids is 1. The number of nitrogens with zero attached hydrogens (tertiary/aromatic N) is 4. The highest BCUT2D eigenvalue weighted by molar-refractivity contribution is 7.88. The fraction of sp³-hybridized carbons (Fsp3) is 0.556. The van der Waals surface area contributed by atoms with Crippen molar-refractivity contribution >= 4 is 54.2 Å². The maximum Gasteiger partial charge on any atom is 0.225 e. The summed E-state index contributed by atoms with van der Waals surface area (Å²) in [6, 6.07) is 5.79. The van der Waals surface area contributed by atoms with Gasteiger partial charge in [-0.3, -0.25) is 4.79 Å². The van der Waals surface area contributed by atoms with Crippen LogP contribution in [0.25, 0.3) is 10.2 Å². The molecule has 3 heterocycles. The molecule has 10 heteroatoms. The summed E-state index contributed by atoms with van der Waals surface area (Å²) in [5, 5.41) is 1.60. The number of anilines is 1. The molecule has 152 valence electrons. The largest absolute Gasteiger partial charge is 0.345 e. The van der Waals surface area contributed by atoms with Gasteiger partial charge in [0.15, 0.2) is 5.13 Å². The van der Waals surface area contributed by atoms with Gasteiger partial charge in [0.05, 0.1) is 16.0 Å². The molecule has 0 spiro atoms. The Labute approximate surface area is 173 Å². The van der Waals surface area contributed by atoms with Gasteiger partial charge in [0, 0.05) is 45.2 Å². The van der Waals surface area contributed by atoms with Crippen LogP contribution in [0.5, 0.6) is 0 Å². The van der Waals surface area contributed by atoms with E-state index in [0.29, 0.717) is 44.0 Å². The van der Waals surface area contributed by atoms with E-state index in [1.165, 1.54) is 10.6 Å². The number of aromatic nitrogens is 1. The molecule has 2 aliphatic heterocycles. The number of thiazole rings is 1. The fourth-order valence-electron chi connectivity index (χ4n) is 3.85. The van der Waals surface area contributed by atoms with Gasteiger partial charge in [0.1, 0.15) is 5.52 Å². The van der Waals surface area contributed by atoms with E-state index in [4.69, 9.17) is 11.6 Å². The standard InChI is InChI=1S/C18H23ClN4O3S2/c1-28(25,26)23-7-5-13(6-8-23)17(24)21-9-11-22(12-10-21)18-20-16-14(19)3-2-4-15(16)27-18/h2-4,13H,5-12H2,1H3. The lowest BCUT2D eigenvalue weighted by Gasteiger charge is -2.38. The van der Waals surface area contributed by atoms with Gasteiger partial charge in [-0.25, -0.2) is 17.7 Å². The number of benzene rings is 1. The van der Waals surface area contributed by atoms with Gasteiger partial charge >= 0.3 is 0 Å². The summed E-state index contributed by atoms with van der Waals surface area (Å²) in [6.45, 7) is 3.67. The van der Waals surface area contributed by atoms with Crippen molar-refractivity contribution in [3.8, 4) is 0 Å². The minimum atomic E-state index is -3.17. The first-order valence-electron chi connectivity index (χ1n) is 9.37. The van der Waals surface area contributed by atoms with E-state index in [2.05, 4.69) is 9.88 Å². The molecule has 2 aliphatic rings. The second-order valence-electron chi connectivity index (χ2n) is 7.33. The SMILES string of the molecule is CS(=O)(=O)N1CCC(C(=O)N2CCN(c3nc4c(Cl)cccc4s3)CC2)CC1. The van der Waals surface area contributed by atoms with Gasteiger partial charge in [-0.1, -0.05) is 29.0 Å². The van der Waals surface area contributed by atoms with Crippen LogP contribution >= 0.6 is 22.9 Å². The molecule has 1 amide bonds. The number of carbonyl (C=O) groups is 1. The number of amides is 1. The van der Waals surface area contributed by atoms with Crippen LogP contribution in [0.1, 0.15) is 12.8 Å². The molecule has 0 unspecified atom stereocenters. The van der Waals surface area contributed by atoms with Gasteiger partial charge in [-0.05, 0) is 25.0 Å². The minimum Gasteiger partial charge on any atom is -0.345 e. The lowest BCUT2D eigenvalue weighted by atomic mass is 9.96. The van der Waals surface area contributed by atoms with Crippen LogP contribution in [-0.4, -0.2) is 74.0 Å². The molecule has 0 atom stereocenters. The molecular weight excluding hydrogens is 420 g/mol. The summed E-state index contributed by atoms with van der Waals surface area (Å²) in [5.41, 5.74) is 0.834. The van der Waals surface area contributed by atoms with Crippen LogP contribution in [-0.2, 0) is 14.8 Å². The van der Waals surface area contributed by atoms with Crippen molar-refractivity contribution in [2.75, 3.05) is 50.4 Å². The lowest BCUT2D eigenvalue weighted by Crippen LogP contribution is -2.52. The molecule has 2 aromatic rings. The summed E-state index contributed by atoms with van der Waals surface area (Å²) in [4.78, 5) is 21.6. The van der Waals surface area contributed by atoms with Crippen LogP contribution in [0.2, 0.25) is 5.02 Å². The number of halogens is 1. The summed E-state index contributed by atoms with van der Waals surface area (Å²) in [5.74, 6) is 0.0750. The second kappa shape index (κ2) is 7.78. The molecule has 28 heavy (non-hydrogen) atoms. The zero-order valence-corrected chi connectivity index (χ0v) is 18.1. The van der Waals surface area contributed by atoms with E-state index < -0.39 is 10.0 Å². The maximum atomic E-state index is 12.8. The van der Waals surface area contributed by atoms with Crippen molar-refractivity contribution in [2.24, 2.45) is 5.92 Å². The van der Waals surface area contributed by atoms with E-state index in [0.717, 1.165) is 28.4 Å². The highest BCUT2D eigenvalue weighted by Gasteiger charge is 2.33. The number of para-hydroxylation sites is 1. The Morgan fingerprint density at radius 3 is 2.43 bits per heavy atom. The molecule has 0 aliphatic carbocycles. The third kappa shape index (κ3) is 3.98. The number of fused-ring (bicyclic) bond motifs is 1. The summed E-state index contributed by atoms with van der Waals surface area (Å²) in [7, 11) is -3.17. The Kier molecular flexibility index (Phi) is 5.52. The fourth-order valence-corrected chi connectivity index (χ4v) is 6.04. The Balaban J connectivity index is 1.35. The van der Waals surface area contributed by atoms with Crippen molar-refractivity contribution in [1.29, 1.82) is 0 Å². The predicted molar refractivity (Wildman–Crippen MR) is 113 cm³/mol. The number of hydrogen-bond acceptors (Lipinski definition) is 6. The highest BCUT2D eigenvalue weighted by Crippen LogP contribution is 2.33. The van der Waals surface area contributed by atoms with Gasteiger partial charge in [0.2, 0.25) is 15.9 Å². The number of hydrogen-bond donors (Lipinski definition) is 0. The van der Waals surface area contributed by atoms with E-state index >= 15 is 0 Å². The molecule has 0 saturated carbocycles. The van der Waals surface area contributed by atoms with E-state index in [9.17, 15) is 13.2 Å². The van der Waals surface area contributed by atoms with Crippen molar-refractivity contribution in [2.45, 2.75) is 12.8 Å². The minimum absolute atomic E-state index is 0.0780. The van der Waals surface area contributed by atoms with Gasteiger partial charge < -0.3 is 9.80 Å². The Morgan fingerprint density at radius 1 is 1.14 bits per heavy atom. The first kappa shape index (κ1) is 19.9. The molecule has 7 nitrogen and oxygen atoms in total. The molecule has 0 bridgehead atoms. The molecule has 0 N–H and O–H groups in total. The van der Waals surface area contributed by atoms with Crippen LogP contribution in [0.15, 0.2) is 18.2 Å². The number of piperidine rings is 1. The highest BCUT2D eigenvalue weighted by atomic mass is 35.5. The molecule has 4 rings (SSSR count). The quantitative estimate of drug-likeness (QED) is 0.729. The predicted octanol–water partition coefficient (Wildman–Crippen LogP) is 2.27. The molecule has 1 aromatic carbocycles. The molecule has 0 radical (unpaired) electrons. The molecular formula is C18H23ClN4O3S2. The van der Waals surface area contributed by atoms with Gasteiger partial charge in [0.25, 0.3) is 0 Å². The maximum absolute atomic E-state index is 12.8. The summed E-state index contributed by atoms with van der Waals surface area (Å²) >= 11 is 7.85. The van der Waals surface area contributed by atoms with E-state index in [1.807, 2.05) is 23.1 Å². The normalized spacial score (nSPS) is 20.1. The Bertz CT molecular complexity index is 978. The van der Waals surface area contributed by atoms with Crippen molar-refractivity contribution in [1.82, 2.24) is 14.2 Å². The average molecular weight is 443 g/mol. The first-order chi connectivity index (χ1) is 13.3. The zero-order chi connectivity index (χ0) is 19.9. The Hall–Kier alpha value is -1.42. The molecule has 2 fully saturated rings. The third-order valence-corrected chi connectivity index (χ3v) is 8.18. The van der Waals surface area contributed by atoms with Gasteiger partial charge in [-0.15, -0.1) is 0 Å². The molecule has 2 saturated heterocycles. The van der Waals surface area contributed by atoms with Crippen LogP contribution < -0.4 is 4.90 Å². The number of sulfonamides is 1. The monoisotopic (exact) mass is 442 g/mol. The van der Waals surface area contributed by atoms with Crippen LogP contribution in [0.3, 0.4) is 0 Å². The smallest absolute Gasteiger partial charge is 0.225 e. The van der Waals surface area contributed by atoms with E-state index in [-0.39, 0.29) is 11.8 Å². The molecule has 1 aromatic heterocycles. The number of rotatable bonds is 3. The van der Waals surface area contributed by atoms with Crippen LogP contribution in [0.4, 0.5) is 5.13 Å². The van der Waals surface area contributed by atoms with E-state index in [1.54, 1.807) is 11.3 Å². The average Bonchev–Trinajstić information content (AvgIpc) is 3.13. The van der Waals surface area contributed by atoms with Crippen LogP contribution in [0, 0.1) is 5.92 Å². The zero-order valence-electron chi connectivity index (χ0n) is 15.7. The van der Waals surface area contributed by atoms with Crippen molar-refractivity contribution in [3.05, 3.63) is 23.2 Å². The second-order valence-corrected chi connectivity index (χ2v) is 10.7. The summed E-state index contributed by atoms with van der Waals surface area (Å²) in [6.07, 6.45) is 2.43. The lowest BCUT2D eigenvalue weighted by molar-refractivity contribution is -0.137. The van der Waals surface area contributed by atoms with Crippen molar-refractivity contribution in [3.63, 3.8) is 0 Å². The first-order valence-corrected chi connectivity index (χ1v) is 12.4. The third-order valence-electron chi connectivity index (χ3n) is 5.49. The van der Waals surface area contributed by atoms with Crippen molar-refractivity contribution < 1.29 is 13.2 Å². The Morgan fingerprint density at radius 2 is 1.82 bits per heavy atom. The number of piperazine rings is 1. The topological polar surface area (TPSA) is 73.8 Å². The summed E-state index contributed by atoms with van der Waals surface area (Å²) < 4.78 is 25.8. The van der Waals surface area contributed by atoms with Gasteiger partial charge in [-0.2, -0.15) is 0 Å².